The number of likely N-dealkylation sites (N-methyl/N-ethyl adjacent to an activating group) is 2. The number of carbonyl (C=O) groups excluding carboxylic acids is 1. The molecular formula is C17H28N2O2. The fourth-order valence-electron chi connectivity index (χ4n) is 1.98. The van der Waals surface area contributed by atoms with Crippen molar-refractivity contribution in [2.75, 3.05) is 34.2 Å². The van der Waals surface area contributed by atoms with Crippen molar-refractivity contribution in [1.82, 2.24) is 9.80 Å². The van der Waals surface area contributed by atoms with E-state index in [-0.39, 0.29) is 5.91 Å². The maximum Gasteiger partial charge on any atom is 0.253 e. The van der Waals surface area contributed by atoms with Gasteiger partial charge in [0, 0.05) is 25.7 Å². The summed E-state index contributed by atoms with van der Waals surface area (Å²) in [5, 5.41) is 9.79. The molecule has 1 aromatic carbocycles. The first-order valence-electron chi connectivity index (χ1n) is 7.40. The molecule has 4 heteroatoms. The zero-order valence-electron chi connectivity index (χ0n) is 13.9. The van der Waals surface area contributed by atoms with Crippen LogP contribution in [0.2, 0.25) is 0 Å². The van der Waals surface area contributed by atoms with Crippen LogP contribution in [-0.4, -0.2) is 60.6 Å². The van der Waals surface area contributed by atoms with Crippen molar-refractivity contribution in [2.24, 2.45) is 0 Å². The molecule has 1 amide bonds. The third kappa shape index (κ3) is 6.74. The lowest BCUT2D eigenvalue weighted by molar-refractivity contribution is 0.0714. The quantitative estimate of drug-likeness (QED) is 0.836. The van der Waals surface area contributed by atoms with Gasteiger partial charge in [-0.2, -0.15) is 0 Å². The van der Waals surface area contributed by atoms with E-state index in [1.54, 1.807) is 18.7 Å². The molecule has 0 aliphatic heterocycles. The minimum atomic E-state index is -0.678. The molecule has 1 N–H and O–H groups in total. The second kappa shape index (κ2) is 7.57. The topological polar surface area (TPSA) is 43.8 Å². The zero-order chi connectivity index (χ0) is 16.0. The number of amides is 1. The van der Waals surface area contributed by atoms with Crippen molar-refractivity contribution in [1.29, 1.82) is 0 Å². The van der Waals surface area contributed by atoms with Gasteiger partial charge in [0.25, 0.3) is 5.91 Å². The Morgan fingerprint density at radius 2 is 1.86 bits per heavy atom. The van der Waals surface area contributed by atoms with E-state index in [0.717, 1.165) is 18.5 Å². The molecule has 1 rings (SSSR count). The summed E-state index contributed by atoms with van der Waals surface area (Å²) < 4.78 is 0. The SMILES string of the molecule is CN(C)CCN(C)C(=O)c1cccc(CCC(C)(C)O)c1. The summed E-state index contributed by atoms with van der Waals surface area (Å²) in [6.07, 6.45) is 1.45. The molecule has 0 heterocycles. The van der Waals surface area contributed by atoms with Gasteiger partial charge < -0.3 is 14.9 Å². The smallest absolute Gasteiger partial charge is 0.253 e. The van der Waals surface area contributed by atoms with E-state index in [1.807, 2.05) is 45.4 Å². The molecular weight excluding hydrogens is 264 g/mol. The first kappa shape index (κ1) is 17.7. The van der Waals surface area contributed by atoms with Crippen LogP contribution < -0.4 is 0 Å². The summed E-state index contributed by atoms with van der Waals surface area (Å²) in [5.41, 5.74) is 1.12. The minimum Gasteiger partial charge on any atom is -0.390 e. The van der Waals surface area contributed by atoms with E-state index >= 15 is 0 Å². The van der Waals surface area contributed by atoms with Gasteiger partial charge in [-0.15, -0.1) is 0 Å². The number of aliphatic hydroxyl groups is 1. The highest BCUT2D eigenvalue weighted by molar-refractivity contribution is 5.94. The van der Waals surface area contributed by atoms with E-state index in [2.05, 4.69) is 4.90 Å². The Labute approximate surface area is 128 Å². The standard InChI is InChI=1S/C17H28N2O2/c1-17(2,21)10-9-14-7-6-8-15(13-14)16(20)19(5)12-11-18(3)4/h6-8,13,21H,9-12H2,1-5H3. The normalized spacial score (nSPS) is 11.8. The van der Waals surface area contributed by atoms with Gasteiger partial charge in [0.15, 0.2) is 0 Å². The van der Waals surface area contributed by atoms with Gasteiger partial charge >= 0.3 is 0 Å². The van der Waals surface area contributed by atoms with Gasteiger partial charge in [-0.05, 0) is 58.5 Å². The van der Waals surface area contributed by atoms with Crippen LogP contribution in [0.5, 0.6) is 0 Å². The third-order valence-electron chi connectivity index (χ3n) is 3.43. The fraction of sp³-hybridized carbons (Fsp3) is 0.588. The molecule has 0 unspecified atom stereocenters. The van der Waals surface area contributed by atoms with Crippen molar-refractivity contribution in [3.05, 3.63) is 35.4 Å². The van der Waals surface area contributed by atoms with Crippen molar-refractivity contribution in [3.8, 4) is 0 Å². The number of aryl methyl sites for hydroxylation is 1. The van der Waals surface area contributed by atoms with E-state index in [9.17, 15) is 9.90 Å². The van der Waals surface area contributed by atoms with E-state index < -0.39 is 5.60 Å². The minimum absolute atomic E-state index is 0.0435. The number of hydrogen-bond donors (Lipinski definition) is 1. The van der Waals surface area contributed by atoms with E-state index in [1.165, 1.54) is 0 Å². The van der Waals surface area contributed by atoms with Gasteiger partial charge in [0.05, 0.1) is 5.60 Å². The first-order valence-corrected chi connectivity index (χ1v) is 7.40. The molecule has 0 bridgehead atoms. The van der Waals surface area contributed by atoms with Crippen LogP contribution in [0.15, 0.2) is 24.3 Å². The van der Waals surface area contributed by atoms with Crippen LogP contribution in [0, 0.1) is 0 Å². The maximum absolute atomic E-state index is 12.4. The van der Waals surface area contributed by atoms with Crippen molar-refractivity contribution in [3.63, 3.8) is 0 Å². The number of carbonyl (C=O) groups is 1. The predicted octanol–water partition coefficient (Wildman–Crippen LogP) is 2.02. The summed E-state index contributed by atoms with van der Waals surface area (Å²) in [4.78, 5) is 16.2. The summed E-state index contributed by atoms with van der Waals surface area (Å²) >= 11 is 0. The van der Waals surface area contributed by atoms with Crippen LogP contribution in [-0.2, 0) is 6.42 Å². The molecule has 0 fully saturated rings. The maximum atomic E-state index is 12.4. The van der Waals surface area contributed by atoms with E-state index in [4.69, 9.17) is 0 Å². The average Bonchev–Trinajstić information content (AvgIpc) is 2.41. The molecule has 0 saturated heterocycles. The molecule has 0 radical (unpaired) electrons. The highest BCUT2D eigenvalue weighted by atomic mass is 16.3. The lowest BCUT2D eigenvalue weighted by atomic mass is 9.98. The van der Waals surface area contributed by atoms with Crippen LogP contribution in [0.4, 0.5) is 0 Å². The summed E-state index contributed by atoms with van der Waals surface area (Å²) in [6, 6.07) is 7.69. The number of benzene rings is 1. The molecule has 4 nitrogen and oxygen atoms in total. The number of rotatable bonds is 7. The molecule has 1 aromatic rings. The fourth-order valence-corrected chi connectivity index (χ4v) is 1.98. The van der Waals surface area contributed by atoms with Gasteiger partial charge in [0.1, 0.15) is 0 Å². The third-order valence-corrected chi connectivity index (χ3v) is 3.43. The van der Waals surface area contributed by atoms with Gasteiger partial charge in [0.2, 0.25) is 0 Å². The van der Waals surface area contributed by atoms with Gasteiger partial charge in [-0.25, -0.2) is 0 Å². The summed E-state index contributed by atoms with van der Waals surface area (Å²) in [5.74, 6) is 0.0435. The van der Waals surface area contributed by atoms with Crippen LogP contribution in [0.1, 0.15) is 36.2 Å². The number of hydrogen-bond acceptors (Lipinski definition) is 3. The lowest BCUT2D eigenvalue weighted by Crippen LogP contribution is -2.33. The molecule has 0 saturated carbocycles. The first-order chi connectivity index (χ1) is 9.69. The zero-order valence-corrected chi connectivity index (χ0v) is 13.9. The Balaban J connectivity index is 2.68. The van der Waals surface area contributed by atoms with Crippen molar-refractivity contribution in [2.45, 2.75) is 32.3 Å². The number of nitrogens with zero attached hydrogens (tertiary/aromatic N) is 2. The summed E-state index contributed by atoms with van der Waals surface area (Å²) in [7, 11) is 5.82. The van der Waals surface area contributed by atoms with Crippen molar-refractivity contribution >= 4 is 5.91 Å². The second-order valence-corrected chi connectivity index (χ2v) is 6.54. The van der Waals surface area contributed by atoms with Crippen LogP contribution in [0.25, 0.3) is 0 Å². The molecule has 118 valence electrons. The average molecular weight is 292 g/mol. The Bertz CT molecular complexity index is 464. The molecule has 0 spiro atoms. The highest BCUT2D eigenvalue weighted by Gasteiger charge is 2.14. The Morgan fingerprint density at radius 1 is 1.19 bits per heavy atom. The van der Waals surface area contributed by atoms with Crippen LogP contribution >= 0.6 is 0 Å². The second-order valence-electron chi connectivity index (χ2n) is 6.54. The Morgan fingerprint density at radius 3 is 2.43 bits per heavy atom. The predicted molar refractivity (Wildman–Crippen MR) is 86.6 cm³/mol. The largest absolute Gasteiger partial charge is 0.390 e. The van der Waals surface area contributed by atoms with Gasteiger partial charge in [-0.3, -0.25) is 4.79 Å². The summed E-state index contributed by atoms with van der Waals surface area (Å²) in [6.45, 7) is 5.16. The lowest BCUT2D eigenvalue weighted by Gasteiger charge is -2.20. The highest BCUT2D eigenvalue weighted by Crippen LogP contribution is 2.15. The Hall–Kier alpha value is -1.39. The van der Waals surface area contributed by atoms with Gasteiger partial charge in [-0.1, -0.05) is 12.1 Å². The van der Waals surface area contributed by atoms with E-state index in [0.29, 0.717) is 18.5 Å². The molecule has 0 aliphatic carbocycles. The molecule has 0 aliphatic rings. The Kier molecular flexibility index (Phi) is 6.37. The molecule has 0 atom stereocenters. The monoisotopic (exact) mass is 292 g/mol. The van der Waals surface area contributed by atoms with Crippen LogP contribution in [0.3, 0.4) is 0 Å². The molecule has 0 aromatic heterocycles. The van der Waals surface area contributed by atoms with Crippen molar-refractivity contribution < 1.29 is 9.90 Å². The molecule has 21 heavy (non-hydrogen) atoms.